The number of aromatic nitrogens is 2. The van der Waals surface area contributed by atoms with Gasteiger partial charge in [-0.1, -0.05) is 36.4 Å². The first-order valence-corrected chi connectivity index (χ1v) is 9.11. The van der Waals surface area contributed by atoms with Crippen LogP contribution in [-0.2, 0) is 6.54 Å². The summed E-state index contributed by atoms with van der Waals surface area (Å²) in [5.41, 5.74) is 5.17. The summed E-state index contributed by atoms with van der Waals surface area (Å²) >= 11 is 0. The van der Waals surface area contributed by atoms with Gasteiger partial charge in [0.15, 0.2) is 0 Å². The van der Waals surface area contributed by atoms with E-state index >= 15 is 0 Å². The summed E-state index contributed by atoms with van der Waals surface area (Å²) in [6, 6.07) is 19.9. The first kappa shape index (κ1) is 16.1. The number of aryl methyl sites for hydroxylation is 2. The third kappa shape index (κ3) is 3.24. The van der Waals surface area contributed by atoms with Crippen molar-refractivity contribution < 1.29 is 0 Å². The Bertz CT molecular complexity index is 814. The highest BCUT2D eigenvalue weighted by Crippen LogP contribution is 2.33. The smallest absolute Gasteiger partial charge is 0.136 e. The van der Waals surface area contributed by atoms with Crippen LogP contribution in [0.2, 0.25) is 0 Å². The molecule has 1 aliphatic rings. The van der Waals surface area contributed by atoms with Crippen LogP contribution < -0.4 is 0 Å². The van der Waals surface area contributed by atoms with Crippen molar-refractivity contribution in [3.05, 3.63) is 83.3 Å². The van der Waals surface area contributed by atoms with E-state index in [2.05, 4.69) is 84.1 Å². The maximum absolute atomic E-state index is 4.77. The van der Waals surface area contributed by atoms with E-state index in [0.717, 1.165) is 18.9 Å². The molecule has 0 saturated carbocycles. The van der Waals surface area contributed by atoms with Crippen LogP contribution in [0.5, 0.6) is 0 Å². The number of hydrogen-bond donors (Lipinski definition) is 0. The average Bonchev–Trinajstić information content (AvgIpc) is 3.23. The minimum Gasteiger partial charge on any atom is -0.303 e. The van der Waals surface area contributed by atoms with Gasteiger partial charge in [-0.05, 0) is 62.6 Å². The maximum atomic E-state index is 4.77. The highest BCUT2D eigenvalue weighted by molar-refractivity contribution is 5.33. The van der Waals surface area contributed by atoms with E-state index in [-0.39, 0.29) is 0 Å². The Morgan fingerprint density at radius 1 is 0.960 bits per heavy atom. The van der Waals surface area contributed by atoms with Gasteiger partial charge in [0.05, 0.1) is 0 Å². The lowest BCUT2D eigenvalue weighted by molar-refractivity contribution is 0.248. The molecular formula is C22H25N3. The van der Waals surface area contributed by atoms with Crippen molar-refractivity contribution >= 4 is 0 Å². The predicted octanol–water partition coefficient (Wildman–Crippen LogP) is 4.83. The molecule has 0 amide bonds. The first-order chi connectivity index (χ1) is 12.2. The molecule has 25 heavy (non-hydrogen) atoms. The van der Waals surface area contributed by atoms with Crippen molar-refractivity contribution in [3.63, 3.8) is 0 Å². The molecule has 2 aromatic heterocycles. The van der Waals surface area contributed by atoms with Crippen molar-refractivity contribution in [2.45, 2.75) is 39.3 Å². The molecule has 3 heterocycles. The lowest BCUT2D eigenvalue weighted by Gasteiger charge is -2.25. The van der Waals surface area contributed by atoms with E-state index in [0.29, 0.717) is 6.04 Å². The Labute approximate surface area is 149 Å². The normalized spacial score (nSPS) is 17.9. The van der Waals surface area contributed by atoms with E-state index in [1.54, 1.807) is 0 Å². The highest BCUT2D eigenvalue weighted by atomic mass is 15.2. The second-order valence-electron chi connectivity index (χ2n) is 7.02. The van der Waals surface area contributed by atoms with Gasteiger partial charge < -0.3 is 4.57 Å². The molecule has 128 valence electrons. The van der Waals surface area contributed by atoms with Crippen LogP contribution in [-0.4, -0.2) is 21.0 Å². The minimum atomic E-state index is 0.480. The zero-order chi connectivity index (χ0) is 17.2. The molecular weight excluding hydrogens is 306 g/mol. The fourth-order valence-electron chi connectivity index (χ4n) is 3.97. The van der Waals surface area contributed by atoms with Crippen LogP contribution in [0.4, 0.5) is 0 Å². The van der Waals surface area contributed by atoms with Crippen LogP contribution in [0, 0.1) is 13.8 Å². The third-order valence-corrected chi connectivity index (χ3v) is 5.25. The van der Waals surface area contributed by atoms with E-state index < -0.39 is 0 Å². The van der Waals surface area contributed by atoms with Gasteiger partial charge in [-0.15, -0.1) is 0 Å². The van der Waals surface area contributed by atoms with Gasteiger partial charge in [0.2, 0.25) is 0 Å². The Morgan fingerprint density at radius 3 is 2.40 bits per heavy atom. The van der Waals surface area contributed by atoms with Gasteiger partial charge in [0.25, 0.3) is 0 Å². The molecule has 0 radical (unpaired) electrons. The minimum absolute atomic E-state index is 0.480. The average molecular weight is 331 g/mol. The van der Waals surface area contributed by atoms with Crippen molar-refractivity contribution in [2.75, 3.05) is 6.54 Å². The number of rotatable bonds is 4. The summed E-state index contributed by atoms with van der Waals surface area (Å²) < 4.78 is 2.21. The summed E-state index contributed by atoms with van der Waals surface area (Å²) in [7, 11) is 0. The Morgan fingerprint density at radius 2 is 1.72 bits per heavy atom. The SMILES string of the molecule is Cc1ccc(C)n1-c1ccc(C2CCCN2Cc2ccccc2)cn1. The van der Waals surface area contributed by atoms with Crippen LogP contribution in [0.3, 0.4) is 0 Å². The first-order valence-electron chi connectivity index (χ1n) is 9.11. The molecule has 1 fully saturated rings. The van der Waals surface area contributed by atoms with Gasteiger partial charge in [-0.2, -0.15) is 0 Å². The van der Waals surface area contributed by atoms with E-state index in [9.17, 15) is 0 Å². The van der Waals surface area contributed by atoms with Crippen molar-refractivity contribution in [3.8, 4) is 5.82 Å². The molecule has 1 unspecified atom stereocenters. The van der Waals surface area contributed by atoms with Crippen LogP contribution in [0.25, 0.3) is 5.82 Å². The second-order valence-corrected chi connectivity index (χ2v) is 7.02. The molecule has 4 rings (SSSR count). The lowest BCUT2D eigenvalue weighted by Crippen LogP contribution is -2.22. The van der Waals surface area contributed by atoms with Crippen LogP contribution >= 0.6 is 0 Å². The van der Waals surface area contributed by atoms with Crippen LogP contribution in [0.1, 0.15) is 41.4 Å². The number of benzene rings is 1. The largest absolute Gasteiger partial charge is 0.303 e. The standard InChI is InChI=1S/C22H25N3/c1-17-10-11-18(2)25(17)22-13-12-20(15-23-22)21-9-6-14-24(21)16-19-7-4-3-5-8-19/h3-5,7-8,10-13,15,21H,6,9,14,16H2,1-2H3. The van der Waals surface area contributed by atoms with Gasteiger partial charge >= 0.3 is 0 Å². The van der Waals surface area contributed by atoms with Crippen molar-refractivity contribution in [1.82, 2.24) is 14.5 Å². The molecule has 3 heteroatoms. The highest BCUT2D eigenvalue weighted by Gasteiger charge is 2.26. The molecule has 0 N–H and O–H groups in total. The summed E-state index contributed by atoms with van der Waals surface area (Å²) in [6.45, 7) is 6.43. The lowest BCUT2D eigenvalue weighted by atomic mass is 10.1. The number of pyridine rings is 1. The third-order valence-electron chi connectivity index (χ3n) is 5.25. The van der Waals surface area contributed by atoms with Crippen molar-refractivity contribution in [1.29, 1.82) is 0 Å². The summed E-state index contributed by atoms with van der Waals surface area (Å²) in [5, 5.41) is 0. The van der Waals surface area contributed by atoms with Crippen LogP contribution in [0.15, 0.2) is 60.8 Å². The molecule has 1 saturated heterocycles. The fraction of sp³-hybridized carbons (Fsp3) is 0.318. The molecule has 1 aliphatic heterocycles. The monoisotopic (exact) mass is 331 g/mol. The molecule has 0 spiro atoms. The Kier molecular flexibility index (Phi) is 4.41. The van der Waals surface area contributed by atoms with E-state index in [4.69, 9.17) is 4.98 Å². The molecule has 1 atom stereocenters. The Hall–Kier alpha value is -2.39. The molecule has 0 bridgehead atoms. The van der Waals surface area contributed by atoms with E-state index in [1.807, 2.05) is 0 Å². The summed E-state index contributed by atoms with van der Waals surface area (Å²) in [5.74, 6) is 1.01. The number of nitrogens with zero attached hydrogens (tertiary/aromatic N) is 3. The van der Waals surface area contributed by atoms with Gasteiger partial charge in [-0.25, -0.2) is 4.98 Å². The zero-order valence-electron chi connectivity index (χ0n) is 15.0. The molecule has 3 nitrogen and oxygen atoms in total. The molecule has 1 aromatic carbocycles. The summed E-state index contributed by atoms with van der Waals surface area (Å²) in [6.07, 6.45) is 4.55. The number of likely N-dealkylation sites (tertiary alicyclic amines) is 1. The molecule has 3 aromatic rings. The topological polar surface area (TPSA) is 21.1 Å². The van der Waals surface area contributed by atoms with E-state index in [1.165, 1.54) is 35.4 Å². The quantitative estimate of drug-likeness (QED) is 0.683. The second kappa shape index (κ2) is 6.85. The van der Waals surface area contributed by atoms with Gasteiger partial charge in [0, 0.05) is 30.2 Å². The maximum Gasteiger partial charge on any atom is 0.136 e. The summed E-state index contributed by atoms with van der Waals surface area (Å²) in [4.78, 5) is 7.35. The van der Waals surface area contributed by atoms with Gasteiger partial charge in [0.1, 0.15) is 5.82 Å². The van der Waals surface area contributed by atoms with Crippen molar-refractivity contribution in [2.24, 2.45) is 0 Å². The predicted molar refractivity (Wildman–Crippen MR) is 102 cm³/mol. The Balaban J connectivity index is 1.55. The fourth-order valence-corrected chi connectivity index (χ4v) is 3.97. The zero-order valence-corrected chi connectivity index (χ0v) is 15.0. The van der Waals surface area contributed by atoms with Gasteiger partial charge in [-0.3, -0.25) is 4.90 Å². The number of hydrogen-bond acceptors (Lipinski definition) is 2. The molecule has 0 aliphatic carbocycles.